The zero-order chi connectivity index (χ0) is 8.97. The first-order valence-corrected chi connectivity index (χ1v) is 4.17. The molecule has 0 N–H and O–H groups in total. The molecule has 0 saturated heterocycles. The second-order valence-corrected chi connectivity index (χ2v) is 3.25. The van der Waals surface area contributed by atoms with E-state index >= 15 is 0 Å². The zero-order valence-electron chi connectivity index (χ0n) is 7.29. The smallest absolute Gasteiger partial charge is 0.222 e. The van der Waals surface area contributed by atoms with E-state index in [0.717, 1.165) is 18.5 Å². The third-order valence-corrected chi connectivity index (χ3v) is 1.72. The lowest BCUT2D eigenvalue weighted by molar-refractivity contribution is 0.413. The predicted octanol–water partition coefficient (Wildman–Crippen LogP) is 1.23. The fourth-order valence-corrected chi connectivity index (χ4v) is 0.918. The molecule has 0 atom stereocenters. The van der Waals surface area contributed by atoms with Crippen LogP contribution in [0.5, 0.6) is 0 Å². The van der Waals surface area contributed by atoms with Crippen molar-refractivity contribution in [3.63, 3.8) is 0 Å². The van der Waals surface area contributed by atoms with Crippen molar-refractivity contribution < 1.29 is 0 Å². The van der Waals surface area contributed by atoms with Gasteiger partial charge in [-0.2, -0.15) is 0 Å². The van der Waals surface area contributed by atoms with Gasteiger partial charge < -0.3 is 4.90 Å². The second-order valence-electron chi connectivity index (χ2n) is 2.91. The molecule has 1 aromatic rings. The Morgan fingerprint density at radius 3 is 2.42 bits per heavy atom. The Balaban J connectivity index is 2.48. The van der Waals surface area contributed by atoms with Crippen LogP contribution < -0.4 is 0 Å². The summed E-state index contributed by atoms with van der Waals surface area (Å²) in [6, 6.07) is 0. The molecule has 1 aromatic heterocycles. The van der Waals surface area contributed by atoms with E-state index < -0.39 is 0 Å². The summed E-state index contributed by atoms with van der Waals surface area (Å²) >= 11 is 5.54. The van der Waals surface area contributed by atoms with Gasteiger partial charge in [-0.3, -0.25) is 0 Å². The quantitative estimate of drug-likeness (QED) is 0.664. The van der Waals surface area contributed by atoms with E-state index in [1.807, 2.05) is 14.1 Å². The van der Waals surface area contributed by atoms with Crippen LogP contribution >= 0.6 is 11.6 Å². The standard InChI is InChI=1S/C8H12ClN3/c1-12(2)4-3-7-5-10-8(9)11-6-7/h5-6H,3-4H2,1-2H3. The number of likely N-dealkylation sites (N-methyl/N-ethyl adjacent to an activating group) is 1. The molecule has 0 bridgehead atoms. The van der Waals surface area contributed by atoms with Gasteiger partial charge in [-0.1, -0.05) is 0 Å². The van der Waals surface area contributed by atoms with Crippen LogP contribution in [0.3, 0.4) is 0 Å². The number of halogens is 1. The van der Waals surface area contributed by atoms with Crippen molar-refractivity contribution in [2.45, 2.75) is 6.42 Å². The summed E-state index contributed by atoms with van der Waals surface area (Å²) in [7, 11) is 4.08. The average Bonchev–Trinajstić information content (AvgIpc) is 2.03. The molecule has 0 aliphatic rings. The molecule has 12 heavy (non-hydrogen) atoms. The van der Waals surface area contributed by atoms with Crippen LogP contribution in [-0.4, -0.2) is 35.5 Å². The van der Waals surface area contributed by atoms with Crippen molar-refractivity contribution in [3.8, 4) is 0 Å². The molecule has 0 radical (unpaired) electrons. The first kappa shape index (κ1) is 9.42. The Morgan fingerprint density at radius 1 is 1.33 bits per heavy atom. The van der Waals surface area contributed by atoms with Gasteiger partial charge in [0, 0.05) is 18.9 Å². The molecule has 0 amide bonds. The number of aromatic nitrogens is 2. The number of rotatable bonds is 3. The summed E-state index contributed by atoms with van der Waals surface area (Å²) in [5.74, 6) is 0. The van der Waals surface area contributed by atoms with Crippen LogP contribution in [0.4, 0.5) is 0 Å². The fraction of sp³-hybridized carbons (Fsp3) is 0.500. The van der Waals surface area contributed by atoms with E-state index in [2.05, 4.69) is 14.9 Å². The molecule has 1 rings (SSSR count). The maximum atomic E-state index is 5.54. The maximum Gasteiger partial charge on any atom is 0.222 e. The van der Waals surface area contributed by atoms with Gasteiger partial charge in [-0.05, 0) is 37.7 Å². The second kappa shape index (κ2) is 4.38. The highest BCUT2D eigenvalue weighted by molar-refractivity contribution is 6.28. The average molecular weight is 186 g/mol. The van der Waals surface area contributed by atoms with Crippen LogP contribution in [0.15, 0.2) is 12.4 Å². The van der Waals surface area contributed by atoms with Gasteiger partial charge in [0.2, 0.25) is 5.28 Å². The molecule has 3 nitrogen and oxygen atoms in total. The normalized spacial score (nSPS) is 10.7. The highest BCUT2D eigenvalue weighted by Gasteiger charge is 1.95. The van der Waals surface area contributed by atoms with Crippen molar-refractivity contribution in [2.75, 3.05) is 20.6 Å². The Bertz CT molecular complexity index is 233. The third-order valence-electron chi connectivity index (χ3n) is 1.52. The monoisotopic (exact) mass is 185 g/mol. The Hall–Kier alpha value is -0.670. The van der Waals surface area contributed by atoms with E-state index in [0.29, 0.717) is 5.28 Å². The molecular weight excluding hydrogens is 174 g/mol. The van der Waals surface area contributed by atoms with Gasteiger partial charge in [0.15, 0.2) is 0 Å². The first-order chi connectivity index (χ1) is 5.68. The highest BCUT2D eigenvalue weighted by atomic mass is 35.5. The minimum absolute atomic E-state index is 0.309. The lowest BCUT2D eigenvalue weighted by Gasteiger charge is -2.07. The SMILES string of the molecule is CN(C)CCc1cnc(Cl)nc1. The van der Waals surface area contributed by atoms with Gasteiger partial charge in [0.05, 0.1) is 0 Å². The number of hydrogen-bond donors (Lipinski definition) is 0. The lowest BCUT2D eigenvalue weighted by atomic mass is 10.2. The fourth-order valence-electron chi connectivity index (χ4n) is 0.821. The van der Waals surface area contributed by atoms with E-state index in [1.165, 1.54) is 0 Å². The molecule has 66 valence electrons. The largest absolute Gasteiger partial charge is 0.309 e. The van der Waals surface area contributed by atoms with Gasteiger partial charge in [0.1, 0.15) is 0 Å². The van der Waals surface area contributed by atoms with Crippen molar-refractivity contribution in [1.82, 2.24) is 14.9 Å². The molecule has 0 spiro atoms. The zero-order valence-corrected chi connectivity index (χ0v) is 8.04. The topological polar surface area (TPSA) is 29.0 Å². The number of hydrogen-bond acceptors (Lipinski definition) is 3. The summed E-state index contributed by atoms with van der Waals surface area (Å²) < 4.78 is 0. The van der Waals surface area contributed by atoms with E-state index in [9.17, 15) is 0 Å². The first-order valence-electron chi connectivity index (χ1n) is 3.79. The van der Waals surface area contributed by atoms with Gasteiger partial charge in [-0.25, -0.2) is 9.97 Å². The lowest BCUT2D eigenvalue weighted by Crippen LogP contribution is -2.15. The van der Waals surface area contributed by atoms with Crippen LogP contribution in [-0.2, 0) is 6.42 Å². The molecule has 1 heterocycles. The van der Waals surface area contributed by atoms with E-state index in [-0.39, 0.29) is 0 Å². The van der Waals surface area contributed by atoms with Crippen molar-refractivity contribution in [3.05, 3.63) is 23.2 Å². The summed E-state index contributed by atoms with van der Waals surface area (Å²) in [5, 5.41) is 0.309. The summed E-state index contributed by atoms with van der Waals surface area (Å²) in [5.41, 5.74) is 1.12. The van der Waals surface area contributed by atoms with Gasteiger partial charge >= 0.3 is 0 Å². The highest BCUT2D eigenvalue weighted by Crippen LogP contribution is 2.01. The predicted molar refractivity (Wildman–Crippen MR) is 49.3 cm³/mol. The Morgan fingerprint density at radius 2 is 1.92 bits per heavy atom. The molecule has 0 fully saturated rings. The van der Waals surface area contributed by atoms with E-state index in [1.54, 1.807) is 12.4 Å². The van der Waals surface area contributed by atoms with Crippen LogP contribution in [0, 0.1) is 0 Å². The van der Waals surface area contributed by atoms with Crippen LogP contribution in [0.1, 0.15) is 5.56 Å². The van der Waals surface area contributed by atoms with E-state index in [4.69, 9.17) is 11.6 Å². The molecule has 0 unspecified atom stereocenters. The minimum atomic E-state index is 0.309. The Kier molecular flexibility index (Phi) is 3.44. The molecule has 4 heteroatoms. The van der Waals surface area contributed by atoms with Crippen LogP contribution in [0.2, 0.25) is 5.28 Å². The van der Waals surface area contributed by atoms with Crippen LogP contribution in [0.25, 0.3) is 0 Å². The minimum Gasteiger partial charge on any atom is -0.309 e. The third kappa shape index (κ3) is 3.15. The van der Waals surface area contributed by atoms with Crippen molar-refractivity contribution in [2.24, 2.45) is 0 Å². The molecule has 0 aromatic carbocycles. The molecule has 0 saturated carbocycles. The number of nitrogens with zero attached hydrogens (tertiary/aromatic N) is 3. The van der Waals surface area contributed by atoms with Gasteiger partial charge in [-0.15, -0.1) is 0 Å². The van der Waals surface area contributed by atoms with Gasteiger partial charge in [0.25, 0.3) is 0 Å². The summed E-state index contributed by atoms with van der Waals surface area (Å²) in [6.07, 6.45) is 4.49. The maximum absolute atomic E-state index is 5.54. The summed E-state index contributed by atoms with van der Waals surface area (Å²) in [6.45, 7) is 1.00. The molecular formula is C8H12ClN3. The molecule has 0 aliphatic carbocycles. The van der Waals surface area contributed by atoms with Crippen molar-refractivity contribution >= 4 is 11.6 Å². The van der Waals surface area contributed by atoms with Crippen molar-refractivity contribution in [1.29, 1.82) is 0 Å². The Labute approximate surface area is 77.4 Å². The molecule has 0 aliphatic heterocycles. The summed E-state index contributed by atoms with van der Waals surface area (Å²) in [4.78, 5) is 9.91.